The molecule has 0 radical (unpaired) electrons. The zero-order chi connectivity index (χ0) is 16.1. The first kappa shape index (κ1) is 15.5. The standard InChI is InChI=1S/C16H16N2O4/c1-3-22-16(21)14-6-4-5-13(17-14)15(20)18-12-8-7-11(19)9-10(12)2/h4-9,19H,3H2,1-2H3,(H,18,20). The molecule has 2 rings (SSSR count). The number of amides is 1. The Morgan fingerprint density at radius 2 is 1.95 bits per heavy atom. The number of aromatic nitrogens is 1. The largest absolute Gasteiger partial charge is 0.508 e. The number of aryl methyl sites for hydroxylation is 1. The zero-order valence-corrected chi connectivity index (χ0v) is 12.3. The number of carbonyl (C=O) groups excluding carboxylic acids is 2. The van der Waals surface area contributed by atoms with Crippen LogP contribution in [0.2, 0.25) is 0 Å². The molecule has 0 aliphatic carbocycles. The minimum Gasteiger partial charge on any atom is -0.508 e. The quantitative estimate of drug-likeness (QED) is 0.669. The fourth-order valence-electron chi connectivity index (χ4n) is 1.85. The highest BCUT2D eigenvalue weighted by Crippen LogP contribution is 2.20. The first-order valence-corrected chi connectivity index (χ1v) is 6.76. The lowest BCUT2D eigenvalue weighted by molar-refractivity contribution is 0.0519. The Kier molecular flexibility index (Phi) is 4.73. The summed E-state index contributed by atoms with van der Waals surface area (Å²) in [5, 5.41) is 12.0. The molecule has 1 heterocycles. The van der Waals surface area contributed by atoms with Crippen LogP contribution in [0.15, 0.2) is 36.4 Å². The van der Waals surface area contributed by atoms with Gasteiger partial charge in [-0.05, 0) is 49.7 Å². The molecule has 0 saturated carbocycles. The summed E-state index contributed by atoms with van der Waals surface area (Å²) in [6.07, 6.45) is 0. The highest BCUT2D eigenvalue weighted by atomic mass is 16.5. The Balaban J connectivity index is 2.19. The number of esters is 1. The molecule has 1 amide bonds. The summed E-state index contributed by atoms with van der Waals surface area (Å²) in [5.41, 5.74) is 1.47. The predicted molar refractivity (Wildman–Crippen MR) is 81.0 cm³/mol. The van der Waals surface area contributed by atoms with Crippen LogP contribution in [0.1, 0.15) is 33.5 Å². The van der Waals surface area contributed by atoms with Crippen molar-refractivity contribution in [3.05, 3.63) is 53.3 Å². The van der Waals surface area contributed by atoms with Crippen molar-refractivity contribution in [2.75, 3.05) is 11.9 Å². The SMILES string of the molecule is CCOC(=O)c1cccc(C(=O)Nc2ccc(O)cc2C)n1. The van der Waals surface area contributed by atoms with E-state index in [2.05, 4.69) is 10.3 Å². The maximum atomic E-state index is 12.2. The van der Waals surface area contributed by atoms with Gasteiger partial charge in [-0.25, -0.2) is 9.78 Å². The van der Waals surface area contributed by atoms with Gasteiger partial charge in [-0.2, -0.15) is 0 Å². The first-order valence-electron chi connectivity index (χ1n) is 6.76. The summed E-state index contributed by atoms with van der Waals surface area (Å²) >= 11 is 0. The highest BCUT2D eigenvalue weighted by molar-refractivity contribution is 6.04. The van der Waals surface area contributed by atoms with Crippen molar-refractivity contribution < 1.29 is 19.4 Å². The maximum Gasteiger partial charge on any atom is 0.356 e. The molecular formula is C16H16N2O4. The minimum atomic E-state index is -0.571. The molecule has 0 aliphatic rings. The van der Waals surface area contributed by atoms with Crippen molar-refractivity contribution in [3.63, 3.8) is 0 Å². The normalized spacial score (nSPS) is 10.1. The summed E-state index contributed by atoms with van der Waals surface area (Å²) in [6.45, 7) is 3.70. The number of anilines is 1. The topological polar surface area (TPSA) is 88.5 Å². The lowest BCUT2D eigenvalue weighted by Crippen LogP contribution is -2.16. The van der Waals surface area contributed by atoms with Gasteiger partial charge >= 0.3 is 5.97 Å². The van der Waals surface area contributed by atoms with E-state index in [0.717, 1.165) is 5.56 Å². The van der Waals surface area contributed by atoms with Crippen LogP contribution in [-0.4, -0.2) is 28.6 Å². The molecule has 0 bridgehead atoms. The van der Waals surface area contributed by atoms with Gasteiger partial charge in [-0.3, -0.25) is 4.79 Å². The molecule has 6 heteroatoms. The molecule has 0 fully saturated rings. The van der Waals surface area contributed by atoms with Crippen LogP contribution in [0.5, 0.6) is 5.75 Å². The molecule has 2 N–H and O–H groups in total. The summed E-state index contributed by atoms with van der Waals surface area (Å²) < 4.78 is 4.85. The van der Waals surface area contributed by atoms with Gasteiger partial charge in [0.1, 0.15) is 17.1 Å². The van der Waals surface area contributed by atoms with Crippen LogP contribution in [0.3, 0.4) is 0 Å². The van der Waals surface area contributed by atoms with Crippen LogP contribution in [0.25, 0.3) is 0 Å². The third kappa shape index (κ3) is 3.60. The van der Waals surface area contributed by atoms with E-state index in [1.807, 2.05) is 0 Å². The number of benzene rings is 1. The predicted octanol–water partition coefficient (Wildman–Crippen LogP) is 2.52. The van der Waals surface area contributed by atoms with E-state index in [-0.39, 0.29) is 23.7 Å². The average molecular weight is 300 g/mol. The van der Waals surface area contributed by atoms with E-state index in [1.54, 1.807) is 26.0 Å². The number of pyridine rings is 1. The Bertz CT molecular complexity index is 713. The number of carbonyl (C=O) groups is 2. The molecule has 6 nitrogen and oxygen atoms in total. The average Bonchev–Trinajstić information content (AvgIpc) is 2.50. The van der Waals surface area contributed by atoms with E-state index in [0.29, 0.717) is 5.69 Å². The van der Waals surface area contributed by atoms with Crippen molar-refractivity contribution in [2.24, 2.45) is 0 Å². The van der Waals surface area contributed by atoms with Gasteiger partial charge in [-0.1, -0.05) is 6.07 Å². The second-order valence-electron chi connectivity index (χ2n) is 4.58. The Morgan fingerprint density at radius 1 is 1.23 bits per heavy atom. The summed E-state index contributed by atoms with van der Waals surface area (Å²) in [6, 6.07) is 9.17. The van der Waals surface area contributed by atoms with E-state index < -0.39 is 11.9 Å². The minimum absolute atomic E-state index is 0.0805. The zero-order valence-electron chi connectivity index (χ0n) is 12.3. The number of phenols is 1. The molecule has 114 valence electrons. The molecule has 0 spiro atoms. The van der Waals surface area contributed by atoms with Gasteiger partial charge < -0.3 is 15.2 Å². The van der Waals surface area contributed by atoms with Gasteiger partial charge in [0.05, 0.1) is 6.61 Å². The number of phenolic OH excluding ortho intramolecular Hbond substituents is 1. The lowest BCUT2D eigenvalue weighted by Gasteiger charge is -2.09. The number of hydrogen-bond donors (Lipinski definition) is 2. The third-order valence-corrected chi connectivity index (χ3v) is 2.92. The van der Waals surface area contributed by atoms with Crippen LogP contribution < -0.4 is 5.32 Å². The molecule has 1 aromatic heterocycles. The Hall–Kier alpha value is -2.89. The van der Waals surface area contributed by atoms with Gasteiger partial charge in [-0.15, -0.1) is 0 Å². The third-order valence-electron chi connectivity index (χ3n) is 2.92. The van der Waals surface area contributed by atoms with Gasteiger partial charge in [0.15, 0.2) is 0 Å². The van der Waals surface area contributed by atoms with Crippen molar-refractivity contribution in [3.8, 4) is 5.75 Å². The molecule has 0 unspecified atom stereocenters. The smallest absolute Gasteiger partial charge is 0.356 e. The second kappa shape index (κ2) is 6.71. The summed E-state index contributed by atoms with van der Waals surface area (Å²) in [5.74, 6) is -0.893. The highest BCUT2D eigenvalue weighted by Gasteiger charge is 2.14. The Labute approximate surface area is 127 Å². The van der Waals surface area contributed by atoms with Crippen molar-refractivity contribution in [2.45, 2.75) is 13.8 Å². The summed E-state index contributed by atoms with van der Waals surface area (Å²) in [4.78, 5) is 27.8. The molecule has 0 aliphatic heterocycles. The van der Waals surface area contributed by atoms with E-state index in [9.17, 15) is 14.7 Å². The number of aromatic hydroxyl groups is 1. The number of nitrogens with one attached hydrogen (secondary N) is 1. The lowest BCUT2D eigenvalue weighted by atomic mass is 10.2. The molecule has 22 heavy (non-hydrogen) atoms. The molecule has 1 aromatic carbocycles. The van der Waals surface area contributed by atoms with Gasteiger partial charge in [0, 0.05) is 5.69 Å². The van der Waals surface area contributed by atoms with Crippen LogP contribution >= 0.6 is 0 Å². The fraction of sp³-hybridized carbons (Fsp3) is 0.188. The molecule has 0 saturated heterocycles. The molecule has 0 atom stereocenters. The van der Waals surface area contributed by atoms with E-state index >= 15 is 0 Å². The van der Waals surface area contributed by atoms with Crippen LogP contribution in [0.4, 0.5) is 5.69 Å². The van der Waals surface area contributed by atoms with Crippen molar-refractivity contribution in [1.29, 1.82) is 0 Å². The molecular weight excluding hydrogens is 284 g/mol. The number of rotatable bonds is 4. The van der Waals surface area contributed by atoms with Crippen molar-refractivity contribution in [1.82, 2.24) is 4.98 Å². The number of hydrogen-bond acceptors (Lipinski definition) is 5. The van der Waals surface area contributed by atoms with E-state index in [1.165, 1.54) is 24.3 Å². The summed E-state index contributed by atoms with van der Waals surface area (Å²) in [7, 11) is 0. The van der Waals surface area contributed by atoms with Crippen molar-refractivity contribution >= 4 is 17.6 Å². The maximum absolute atomic E-state index is 12.2. The van der Waals surface area contributed by atoms with Gasteiger partial charge in [0.25, 0.3) is 5.91 Å². The van der Waals surface area contributed by atoms with Crippen LogP contribution in [0, 0.1) is 6.92 Å². The Morgan fingerprint density at radius 3 is 2.64 bits per heavy atom. The monoisotopic (exact) mass is 300 g/mol. The van der Waals surface area contributed by atoms with Gasteiger partial charge in [0.2, 0.25) is 0 Å². The van der Waals surface area contributed by atoms with E-state index in [4.69, 9.17) is 4.74 Å². The number of nitrogens with zero attached hydrogens (tertiary/aromatic N) is 1. The van der Waals surface area contributed by atoms with Crippen LogP contribution in [-0.2, 0) is 4.74 Å². The molecule has 2 aromatic rings. The fourth-order valence-corrected chi connectivity index (χ4v) is 1.85. The number of ether oxygens (including phenoxy) is 1. The second-order valence-corrected chi connectivity index (χ2v) is 4.58. The first-order chi connectivity index (χ1) is 10.5.